The van der Waals surface area contributed by atoms with E-state index in [4.69, 9.17) is 14.0 Å². The molecule has 134 valence electrons. The van der Waals surface area contributed by atoms with Crippen molar-refractivity contribution in [2.45, 2.75) is 6.42 Å². The van der Waals surface area contributed by atoms with Crippen LogP contribution in [0.15, 0.2) is 47.2 Å². The summed E-state index contributed by atoms with van der Waals surface area (Å²) in [5.74, 6) is 1.21. The van der Waals surface area contributed by atoms with Gasteiger partial charge in [0.15, 0.2) is 0 Å². The van der Waals surface area contributed by atoms with E-state index < -0.39 is 5.91 Å². The van der Waals surface area contributed by atoms with Crippen molar-refractivity contribution in [1.29, 1.82) is 0 Å². The topological polar surface area (TPSA) is 99.4 Å². The molecule has 1 amide bonds. The quantitative estimate of drug-likeness (QED) is 0.694. The molecule has 0 bridgehead atoms. The Balaban J connectivity index is 1.59. The Hall–Kier alpha value is -3.42. The lowest BCUT2D eigenvalue weighted by Gasteiger charge is -2.10. The second-order valence-corrected chi connectivity index (χ2v) is 5.35. The zero-order valence-corrected chi connectivity index (χ0v) is 14.4. The van der Waals surface area contributed by atoms with Crippen LogP contribution >= 0.6 is 0 Å². The van der Waals surface area contributed by atoms with Gasteiger partial charge in [0, 0.05) is 30.6 Å². The molecule has 0 aliphatic carbocycles. The first-order chi connectivity index (χ1) is 12.7. The highest BCUT2D eigenvalue weighted by Crippen LogP contribution is 2.24. The maximum atomic E-state index is 12.2. The van der Waals surface area contributed by atoms with Crippen molar-refractivity contribution in [2.24, 2.45) is 0 Å². The molecule has 0 radical (unpaired) electrons. The molecule has 3 rings (SSSR count). The largest absolute Gasteiger partial charge is 0.497 e. The van der Waals surface area contributed by atoms with Gasteiger partial charge >= 0.3 is 11.8 Å². The molecule has 1 N–H and O–H groups in total. The minimum absolute atomic E-state index is 0.0921. The van der Waals surface area contributed by atoms with Gasteiger partial charge in [-0.2, -0.15) is 4.98 Å². The molecule has 0 unspecified atom stereocenters. The molecule has 8 nitrogen and oxygen atoms in total. The number of nitrogens with zero attached hydrogens (tertiary/aromatic N) is 3. The first-order valence-corrected chi connectivity index (χ1v) is 7.94. The Labute approximate surface area is 150 Å². The van der Waals surface area contributed by atoms with Gasteiger partial charge in [-0.15, -0.1) is 0 Å². The molecular formula is C18H18N4O4. The lowest BCUT2D eigenvalue weighted by atomic mass is 10.1. The van der Waals surface area contributed by atoms with Gasteiger partial charge in [0.1, 0.15) is 11.5 Å². The van der Waals surface area contributed by atoms with Gasteiger partial charge in [0.05, 0.1) is 14.2 Å². The highest BCUT2D eigenvalue weighted by molar-refractivity contribution is 5.89. The Kier molecular flexibility index (Phi) is 5.43. The number of aromatic nitrogens is 3. The number of rotatable bonds is 7. The van der Waals surface area contributed by atoms with E-state index in [1.54, 1.807) is 44.8 Å². The number of ether oxygens (including phenoxy) is 2. The highest BCUT2D eigenvalue weighted by atomic mass is 16.5. The fraction of sp³-hybridized carbons (Fsp3) is 0.222. The summed E-state index contributed by atoms with van der Waals surface area (Å²) in [5, 5.41) is 6.55. The average Bonchev–Trinajstić information content (AvgIpc) is 3.19. The molecule has 26 heavy (non-hydrogen) atoms. The molecule has 0 aliphatic rings. The van der Waals surface area contributed by atoms with Crippen molar-refractivity contribution in [2.75, 3.05) is 20.8 Å². The second kappa shape index (κ2) is 8.11. The number of pyridine rings is 1. The first-order valence-electron chi connectivity index (χ1n) is 7.94. The summed E-state index contributed by atoms with van der Waals surface area (Å²) in [6, 6.07) is 9.09. The number of hydrogen-bond donors (Lipinski definition) is 1. The summed E-state index contributed by atoms with van der Waals surface area (Å²) in [6.45, 7) is 0.395. The van der Waals surface area contributed by atoms with Crippen molar-refractivity contribution in [1.82, 2.24) is 20.4 Å². The minimum atomic E-state index is -0.430. The van der Waals surface area contributed by atoms with Crippen LogP contribution in [0.5, 0.6) is 11.5 Å². The summed E-state index contributed by atoms with van der Waals surface area (Å²) in [4.78, 5) is 20.2. The van der Waals surface area contributed by atoms with Gasteiger partial charge in [-0.05, 0) is 30.2 Å². The summed E-state index contributed by atoms with van der Waals surface area (Å²) < 4.78 is 15.5. The van der Waals surface area contributed by atoms with E-state index in [9.17, 15) is 4.79 Å². The third-order valence-corrected chi connectivity index (χ3v) is 3.71. The molecule has 0 saturated heterocycles. The summed E-state index contributed by atoms with van der Waals surface area (Å²) in [6.07, 6.45) is 3.83. The molecule has 2 aromatic heterocycles. The van der Waals surface area contributed by atoms with E-state index in [-0.39, 0.29) is 5.89 Å². The van der Waals surface area contributed by atoms with Crippen molar-refractivity contribution < 1.29 is 18.8 Å². The number of carbonyl (C=O) groups excluding carboxylic acids is 1. The van der Waals surface area contributed by atoms with Crippen LogP contribution in [-0.2, 0) is 6.42 Å². The highest BCUT2D eigenvalue weighted by Gasteiger charge is 2.16. The zero-order valence-electron chi connectivity index (χ0n) is 14.4. The molecule has 0 spiro atoms. The van der Waals surface area contributed by atoms with E-state index in [0.717, 1.165) is 5.56 Å². The van der Waals surface area contributed by atoms with Gasteiger partial charge < -0.3 is 19.3 Å². The van der Waals surface area contributed by atoms with Crippen molar-refractivity contribution >= 4 is 5.91 Å². The minimum Gasteiger partial charge on any atom is -0.497 e. The molecule has 1 aromatic carbocycles. The fourth-order valence-electron chi connectivity index (χ4n) is 2.37. The lowest BCUT2D eigenvalue weighted by molar-refractivity contribution is 0.0910. The SMILES string of the molecule is COc1ccc(CCNC(=O)c2nc(-c3cccnc3)no2)c(OC)c1. The van der Waals surface area contributed by atoms with E-state index >= 15 is 0 Å². The zero-order chi connectivity index (χ0) is 18.4. The van der Waals surface area contributed by atoms with Gasteiger partial charge in [-0.3, -0.25) is 9.78 Å². The van der Waals surface area contributed by atoms with E-state index in [2.05, 4.69) is 20.4 Å². The molecule has 0 atom stereocenters. The maximum absolute atomic E-state index is 12.2. The van der Waals surface area contributed by atoms with Crippen LogP contribution in [0, 0.1) is 0 Å². The lowest BCUT2D eigenvalue weighted by Crippen LogP contribution is -2.26. The van der Waals surface area contributed by atoms with Crippen LogP contribution in [0.2, 0.25) is 0 Å². The average molecular weight is 354 g/mol. The van der Waals surface area contributed by atoms with Crippen LogP contribution in [0.3, 0.4) is 0 Å². The second-order valence-electron chi connectivity index (χ2n) is 5.35. The van der Waals surface area contributed by atoms with Gasteiger partial charge in [-0.25, -0.2) is 0 Å². The van der Waals surface area contributed by atoms with Crippen molar-refractivity contribution in [3.63, 3.8) is 0 Å². The molecule has 0 fully saturated rings. The number of benzene rings is 1. The fourth-order valence-corrected chi connectivity index (χ4v) is 2.37. The third-order valence-electron chi connectivity index (χ3n) is 3.71. The maximum Gasteiger partial charge on any atom is 0.316 e. The number of methoxy groups -OCH3 is 2. The molecular weight excluding hydrogens is 336 g/mol. The standard InChI is InChI=1S/C18H18N4O4/c1-24-14-6-5-12(15(10-14)25-2)7-9-20-17(23)18-21-16(22-26-18)13-4-3-8-19-11-13/h3-6,8,10-11H,7,9H2,1-2H3,(H,20,23). The van der Waals surface area contributed by atoms with Gasteiger partial charge in [0.2, 0.25) is 5.82 Å². The van der Waals surface area contributed by atoms with E-state index in [1.807, 2.05) is 12.1 Å². The Morgan fingerprint density at radius 1 is 1.23 bits per heavy atom. The molecule has 3 aromatic rings. The summed E-state index contributed by atoms with van der Waals surface area (Å²) >= 11 is 0. The van der Waals surface area contributed by atoms with Crippen LogP contribution in [-0.4, -0.2) is 41.8 Å². The van der Waals surface area contributed by atoms with E-state index in [1.165, 1.54) is 0 Å². The number of amides is 1. The molecule has 0 saturated carbocycles. The summed E-state index contributed by atoms with van der Waals surface area (Å²) in [5.41, 5.74) is 1.63. The van der Waals surface area contributed by atoms with Crippen molar-refractivity contribution in [3.8, 4) is 22.9 Å². The number of carbonyl (C=O) groups is 1. The van der Waals surface area contributed by atoms with Crippen molar-refractivity contribution in [3.05, 3.63) is 54.2 Å². The monoisotopic (exact) mass is 354 g/mol. The molecule has 0 aliphatic heterocycles. The smallest absolute Gasteiger partial charge is 0.316 e. The molecule has 2 heterocycles. The predicted octanol–water partition coefficient (Wildman–Crippen LogP) is 2.12. The third kappa shape index (κ3) is 3.97. The van der Waals surface area contributed by atoms with Gasteiger partial charge in [0.25, 0.3) is 0 Å². The summed E-state index contributed by atoms with van der Waals surface area (Å²) in [7, 11) is 3.19. The van der Waals surface area contributed by atoms with Crippen LogP contribution < -0.4 is 14.8 Å². The molecule has 8 heteroatoms. The number of hydrogen-bond acceptors (Lipinski definition) is 7. The Bertz CT molecular complexity index is 880. The predicted molar refractivity (Wildman–Crippen MR) is 93.1 cm³/mol. The van der Waals surface area contributed by atoms with E-state index in [0.29, 0.717) is 35.9 Å². The van der Waals surface area contributed by atoms with Crippen LogP contribution in [0.25, 0.3) is 11.4 Å². The van der Waals surface area contributed by atoms with Crippen LogP contribution in [0.4, 0.5) is 0 Å². The number of nitrogens with one attached hydrogen (secondary N) is 1. The van der Waals surface area contributed by atoms with Crippen LogP contribution in [0.1, 0.15) is 16.2 Å². The first kappa shape index (κ1) is 17.4. The normalized spacial score (nSPS) is 10.4. The Morgan fingerprint density at radius 3 is 2.85 bits per heavy atom. The van der Waals surface area contributed by atoms with Gasteiger partial charge in [-0.1, -0.05) is 11.2 Å². The Morgan fingerprint density at radius 2 is 2.12 bits per heavy atom.